The van der Waals surface area contributed by atoms with Gasteiger partial charge in [0.2, 0.25) is 15.9 Å². The highest BCUT2D eigenvalue weighted by Gasteiger charge is 2.42. The van der Waals surface area contributed by atoms with Crippen molar-refractivity contribution in [2.45, 2.75) is 30.3 Å². The minimum Gasteiger partial charge on any atom is -0.355 e. The van der Waals surface area contributed by atoms with Gasteiger partial charge in [-0.25, -0.2) is 13.2 Å². The molecule has 2 atom stereocenters. The molecule has 2 heterocycles. The lowest BCUT2D eigenvalue weighted by Gasteiger charge is -2.23. The van der Waals surface area contributed by atoms with Gasteiger partial charge in [-0.05, 0) is 31.5 Å². The number of aromatic nitrogens is 2. The van der Waals surface area contributed by atoms with Crippen molar-refractivity contribution < 1.29 is 13.2 Å². The molecule has 1 saturated heterocycles. The number of hydrogen-bond acceptors (Lipinski definition) is 5. The number of H-pyrrole nitrogens is 2. The number of nitrogens with one attached hydrogen (secondary N) is 3. The molecule has 0 saturated carbocycles. The highest BCUT2D eigenvalue weighted by atomic mass is 32.2. The minimum atomic E-state index is -3.91. The number of sulfonamides is 1. The van der Waals surface area contributed by atoms with Gasteiger partial charge in [0.25, 0.3) is 0 Å². The molecule has 5 N–H and O–H groups in total. The van der Waals surface area contributed by atoms with Crippen LogP contribution in [0.4, 0.5) is 0 Å². The van der Waals surface area contributed by atoms with Gasteiger partial charge in [0.05, 0.1) is 15.9 Å². The molecule has 24 heavy (non-hydrogen) atoms. The molecule has 0 spiro atoms. The fourth-order valence-corrected chi connectivity index (χ4v) is 4.62. The Hall–Kier alpha value is -2.17. The van der Waals surface area contributed by atoms with Crippen LogP contribution >= 0.6 is 0 Å². The molecule has 1 aromatic heterocycles. The number of nitrogens with two attached hydrogens (primary N) is 1. The number of nitrogens with zero attached hydrogens (tertiary/aromatic N) is 1. The SMILES string of the molecule is CCNC(=O)[C@@H]1C[C@H](N)CN1S(=O)(=O)c1ccc2[nH]c(=O)[nH]c2c1. The molecule has 0 unspecified atom stereocenters. The number of carbonyl (C=O) groups is 1. The fourth-order valence-electron chi connectivity index (χ4n) is 2.94. The standard InChI is InChI=1S/C14H19N5O4S/c1-2-16-13(20)12-5-8(15)7-19(12)24(22,23)9-3-4-10-11(6-9)18-14(21)17-10/h3-4,6,8,12H,2,5,7,15H2,1H3,(H,16,20)(H2,17,18,21)/t8-,12-/m0/s1. The maximum Gasteiger partial charge on any atom is 0.323 e. The second-order valence-electron chi connectivity index (χ2n) is 5.77. The third-order valence-electron chi connectivity index (χ3n) is 4.04. The van der Waals surface area contributed by atoms with E-state index in [1.807, 2.05) is 0 Å². The van der Waals surface area contributed by atoms with Crippen LogP contribution in [0, 0.1) is 0 Å². The molecule has 1 aromatic carbocycles. The first-order valence-electron chi connectivity index (χ1n) is 7.60. The lowest BCUT2D eigenvalue weighted by atomic mass is 10.2. The van der Waals surface area contributed by atoms with Gasteiger partial charge in [0.1, 0.15) is 6.04 Å². The number of fused-ring (bicyclic) bond motifs is 1. The van der Waals surface area contributed by atoms with E-state index in [0.717, 1.165) is 4.31 Å². The summed E-state index contributed by atoms with van der Waals surface area (Å²) >= 11 is 0. The molecule has 1 aliphatic heterocycles. The summed E-state index contributed by atoms with van der Waals surface area (Å²) in [6, 6.07) is 3.06. The molecular formula is C14H19N5O4S. The lowest BCUT2D eigenvalue weighted by Crippen LogP contribution is -2.45. The van der Waals surface area contributed by atoms with Crippen LogP contribution in [0.5, 0.6) is 0 Å². The quantitative estimate of drug-likeness (QED) is 0.563. The van der Waals surface area contributed by atoms with Crippen molar-refractivity contribution in [3.05, 3.63) is 28.7 Å². The first kappa shape index (κ1) is 16.7. The van der Waals surface area contributed by atoms with Crippen LogP contribution in [0.3, 0.4) is 0 Å². The Kier molecular flexibility index (Phi) is 4.20. The molecule has 1 aliphatic rings. The fraction of sp³-hybridized carbons (Fsp3) is 0.429. The zero-order valence-corrected chi connectivity index (χ0v) is 13.9. The van der Waals surface area contributed by atoms with Gasteiger partial charge in [0, 0.05) is 19.1 Å². The first-order valence-corrected chi connectivity index (χ1v) is 9.04. The molecule has 9 nitrogen and oxygen atoms in total. The number of carbonyl (C=O) groups excluding carboxylic acids is 1. The van der Waals surface area contributed by atoms with Gasteiger partial charge in [-0.15, -0.1) is 0 Å². The van der Waals surface area contributed by atoms with Gasteiger partial charge in [0.15, 0.2) is 0 Å². The summed E-state index contributed by atoms with van der Waals surface area (Å²) in [5.41, 5.74) is 6.37. The largest absolute Gasteiger partial charge is 0.355 e. The summed E-state index contributed by atoms with van der Waals surface area (Å²) in [6.45, 7) is 2.25. The molecule has 2 aromatic rings. The maximum absolute atomic E-state index is 12.9. The Morgan fingerprint density at radius 2 is 2.08 bits per heavy atom. The van der Waals surface area contributed by atoms with Gasteiger partial charge in [-0.1, -0.05) is 0 Å². The van der Waals surface area contributed by atoms with Crippen molar-refractivity contribution in [2.24, 2.45) is 5.73 Å². The Morgan fingerprint density at radius 1 is 1.38 bits per heavy atom. The summed E-state index contributed by atoms with van der Waals surface area (Å²) in [4.78, 5) is 28.6. The van der Waals surface area contributed by atoms with E-state index in [-0.39, 0.29) is 23.8 Å². The Morgan fingerprint density at radius 3 is 2.79 bits per heavy atom. The van der Waals surface area contributed by atoms with Crippen LogP contribution in [0.1, 0.15) is 13.3 Å². The molecule has 0 bridgehead atoms. The highest BCUT2D eigenvalue weighted by Crippen LogP contribution is 2.27. The van der Waals surface area contributed by atoms with E-state index in [4.69, 9.17) is 5.73 Å². The third kappa shape index (κ3) is 2.83. The van der Waals surface area contributed by atoms with Gasteiger partial charge in [-0.3, -0.25) is 4.79 Å². The minimum absolute atomic E-state index is 0.00801. The van der Waals surface area contributed by atoms with Gasteiger partial charge >= 0.3 is 5.69 Å². The summed E-state index contributed by atoms with van der Waals surface area (Å²) in [6.07, 6.45) is 0.272. The van der Waals surface area contributed by atoms with Gasteiger partial charge in [-0.2, -0.15) is 4.31 Å². The predicted molar refractivity (Wildman–Crippen MR) is 87.9 cm³/mol. The van der Waals surface area contributed by atoms with E-state index in [9.17, 15) is 18.0 Å². The topological polar surface area (TPSA) is 141 Å². The predicted octanol–water partition coefficient (Wildman–Crippen LogP) is -0.917. The maximum atomic E-state index is 12.9. The number of aromatic amines is 2. The van der Waals surface area contributed by atoms with Crippen LogP contribution in [0.15, 0.2) is 27.9 Å². The molecule has 130 valence electrons. The number of hydrogen-bond donors (Lipinski definition) is 4. The first-order chi connectivity index (χ1) is 11.3. The van der Waals surface area contributed by atoms with E-state index < -0.39 is 27.8 Å². The number of benzene rings is 1. The molecule has 1 fully saturated rings. The van der Waals surface area contributed by atoms with E-state index in [2.05, 4.69) is 15.3 Å². The van der Waals surface area contributed by atoms with Crippen molar-refractivity contribution >= 4 is 27.0 Å². The monoisotopic (exact) mass is 353 g/mol. The zero-order chi connectivity index (χ0) is 17.5. The highest BCUT2D eigenvalue weighted by molar-refractivity contribution is 7.89. The lowest BCUT2D eigenvalue weighted by molar-refractivity contribution is -0.124. The summed E-state index contributed by atoms with van der Waals surface area (Å²) in [5.74, 6) is -0.356. The van der Waals surface area contributed by atoms with E-state index in [1.165, 1.54) is 18.2 Å². The smallest absolute Gasteiger partial charge is 0.323 e. The number of imidazole rings is 1. The van der Waals surface area contributed by atoms with Crippen LogP contribution in [-0.4, -0.2) is 53.8 Å². The van der Waals surface area contributed by atoms with Crippen LogP contribution < -0.4 is 16.7 Å². The Labute approximate surface area is 138 Å². The van der Waals surface area contributed by atoms with Crippen molar-refractivity contribution in [1.29, 1.82) is 0 Å². The van der Waals surface area contributed by atoms with Crippen molar-refractivity contribution in [2.75, 3.05) is 13.1 Å². The molecule has 10 heteroatoms. The summed E-state index contributed by atoms with van der Waals surface area (Å²) in [5, 5.41) is 2.64. The zero-order valence-electron chi connectivity index (χ0n) is 13.1. The average molecular weight is 353 g/mol. The number of amides is 1. The number of likely N-dealkylation sites (N-methyl/N-ethyl adjacent to an activating group) is 1. The Bertz CT molecular complexity index is 932. The Balaban J connectivity index is 2.00. The van der Waals surface area contributed by atoms with Crippen molar-refractivity contribution in [3.63, 3.8) is 0 Å². The van der Waals surface area contributed by atoms with Crippen molar-refractivity contribution in [3.8, 4) is 0 Å². The van der Waals surface area contributed by atoms with Crippen molar-refractivity contribution in [1.82, 2.24) is 19.6 Å². The second-order valence-corrected chi connectivity index (χ2v) is 7.66. The third-order valence-corrected chi connectivity index (χ3v) is 5.91. The van der Waals surface area contributed by atoms with Gasteiger partial charge < -0.3 is 21.0 Å². The van der Waals surface area contributed by atoms with Crippen LogP contribution in [0.25, 0.3) is 11.0 Å². The van der Waals surface area contributed by atoms with E-state index in [0.29, 0.717) is 17.6 Å². The normalized spacial score (nSPS) is 22.1. The number of rotatable bonds is 4. The van der Waals surface area contributed by atoms with Crippen LogP contribution in [-0.2, 0) is 14.8 Å². The molecule has 3 rings (SSSR count). The van der Waals surface area contributed by atoms with E-state index >= 15 is 0 Å². The molecular weight excluding hydrogens is 334 g/mol. The summed E-state index contributed by atoms with van der Waals surface area (Å²) < 4.78 is 27.0. The second kappa shape index (κ2) is 6.04. The van der Waals surface area contributed by atoms with Crippen LogP contribution in [0.2, 0.25) is 0 Å². The summed E-state index contributed by atoms with van der Waals surface area (Å²) in [7, 11) is -3.91. The molecule has 0 radical (unpaired) electrons. The van der Waals surface area contributed by atoms with E-state index in [1.54, 1.807) is 6.92 Å². The molecule has 1 amide bonds. The average Bonchev–Trinajstić information content (AvgIpc) is 3.08. The molecule has 0 aliphatic carbocycles.